The van der Waals surface area contributed by atoms with Gasteiger partial charge in [-0.05, 0) is 17.8 Å². The van der Waals surface area contributed by atoms with Gasteiger partial charge in [0, 0.05) is 6.54 Å². The molecule has 0 aromatic rings. The summed E-state index contributed by atoms with van der Waals surface area (Å²) in [7, 11) is 0. The van der Waals surface area contributed by atoms with Gasteiger partial charge in [-0.1, -0.05) is 18.7 Å². The highest BCUT2D eigenvalue weighted by atomic mass is 14.5. The molecule has 0 aliphatic heterocycles. The summed E-state index contributed by atoms with van der Waals surface area (Å²) in [6.07, 6.45) is 6.81. The van der Waals surface area contributed by atoms with Crippen LogP contribution in [-0.4, -0.2) is 6.54 Å². The van der Waals surface area contributed by atoms with E-state index in [4.69, 9.17) is 11.5 Å². The first kappa shape index (κ1) is 7.98. The summed E-state index contributed by atoms with van der Waals surface area (Å²) >= 11 is 0. The smallest absolute Gasteiger partial charge is 0.0172 e. The molecule has 0 atom stereocenters. The monoisotopic (exact) mass is 124 g/mol. The van der Waals surface area contributed by atoms with Crippen LogP contribution in [0.4, 0.5) is 0 Å². The fourth-order valence-corrected chi connectivity index (χ4v) is 0.324. The van der Waals surface area contributed by atoms with Crippen molar-refractivity contribution in [2.45, 2.75) is 0 Å². The molecule has 0 spiro atoms. The molecule has 0 radical (unpaired) electrons. The molecule has 0 aliphatic carbocycles. The lowest BCUT2D eigenvalue weighted by atomic mass is 10.3. The maximum atomic E-state index is 5.25. The third kappa shape index (κ3) is 4.84. The molecule has 0 fully saturated rings. The van der Waals surface area contributed by atoms with Crippen LogP contribution in [0.25, 0.3) is 0 Å². The highest BCUT2D eigenvalue weighted by Gasteiger charge is 1.76. The van der Waals surface area contributed by atoms with E-state index < -0.39 is 0 Å². The standard InChI is InChI=1S/C7H12N2/c1-7(6-9)4-2-3-5-8/h2-5H,1,6,8-9H2/b4-2-,5-3-. The van der Waals surface area contributed by atoms with E-state index in [1.165, 1.54) is 6.20 Å². The zero-order valence-electron chi connectivity index (χ0n) is 5.38. The Morgan fingerprint density at radius 2 is 2.11 bits per heavy atom. The highest BCUT2D eigenvalue weighted by Crippen LogP contribution is 1.87. The Kier molecular flexibility index (Phi) is 4.54. The zero-order chi connectivity index (χ0) is 7.11. The van der Waals surface area contributed by atoms with E-state index in [0.717, 1.165) is 5.57 Å². The predicted octanol–water partition coefficient (Wildman–Crippen LogP) is 0.530. The average molecular weight is 124 g/mol. The van der Waals surface area contributed by atoms with Crippen molar-refractivity contribution in [3.8, 4) is 0 Å². The molecule has 4 N–H and O–H groups in total. The molecule has 9 heavy (non-hydrogen) atoms. The molecular formula is C7H12N2. The third-order valence-electron chi connectivity index (χ3n) is 0.816. The van der Waals surface area contributed by atoms with Gasteiger partial charge in [0.2, 0.25) is 0 Å². The summed E-state index contributed by atoms with van der Waals surface area (Å²) < 4.78 is 0. The molecule has 0 aromatic carbocycles. The SMILES string of the molecule is C=C(/C=C\C=C/N)CN. The molecule has 0 bridgehead atoms. The Morgan fingerprint density at radius 1 is 1.44 bits per heavy atom. The fraction of sp³-hybridized carbons (Fsp3) is 0.143. The molecule has 2 nitrogen and oxygen atoms in total. The van der Waals surface area contributed by atoms with E-state index >= 15 is 0 Å². The Bertz CT molecular complexity index is 134. The average Bonchev–Trinajstić information content (AvgIpc) is 1.89. The molecule has 0 unspecified atom stereocenters. The topological polar surface area (TPSA) is 52.0 Å². The van der Waals surface area contributed by atoms with Gasteiger partial charge >= 0.3 is 0 Å². The minimum absolute atomic E-state index is 0.495. The normalized spacial score (nSPS) is 11.2. The number of rotatable bonds is 3. The number of hydrogen-bond acceptors (Lipinski definition) is 2. The van der Waals surface area contributed by atoms with Crippen LogP contribution >= 0.6 is 0 Å². The van der Waals surface area contributed by atoms with Crippen molar-refractivity contribution in [3.05, 3.63) is 36.6 Å². The number of allylic oxidation sites excluding steroid dienone is 2. The van der Waals surface area contributed by atoms with Gasteiger partial charge in [0.15, 0.2) is 0 Å². The molecule has 0 saturated heterocycles. The maximum absolute atomic E-state index is 5.25. The molecule has 0 amide bonds. The van der Waals surface area contributed by atoms with Gasteiger partial charge in [-0.15, -0.1) is 0 Å². The summed E-state index contributed by atoms with van der Waals surface area (Å²) in [5, 5.41) is 0. The largest absolute Gasteiger partial charge is 0.405 e. The van der Waals surface area contributed by atoms with Crippen LogP contribution in [0.5, 0.6) is 0 Å². The minimum Gasteiger partial charge on any atom is -0.405 e. The summed E-state index contributed by atoms with van der Waals surface area (Å²) in [6.45, 7) is 4.15. The number of hydrogen-bond donors (Lipinski definition) is 2. The highest BCUT2D eigenvalue weighted by molar-refractivity contribution is 5.19. The van der Waals surface area contributed by atoms with Crippen molar-refractivity contribution in [3.63, 3.8) is 0 Å². The van der Waals surface area contributed by atoms with Gasteiger partial charge in [0.25, 0.3) is 0 Å². The molecule has 2 heteroatoms. The second-order valence-corrected chi connectivity index (χ2v) is 1.61. The van der Waals surface area contributed by atoms with Gasteiger partial charge in [-0.25, -0.2) is 0 Å². The van der Waals surface area contributed by atoms with E-state index in [1.54, 1.807) is 12.2 Å². The third-order valence-corrected chi connectivity index (χ3v) is 0.816. The van der Waals surface area contributed by atoms with E-state index in [0.29, 0.717) is 6.54 Å². The van der Waals surface area contributed by atoms with Crippen LogP contribution in [0.3, 0.4) is 0 Å². The minimum atomic E-state index is 0.495. The predicted molar refractivity (Wildman–Crippen MR) is 40.7 cm³/mol. The van der Waals surface area contributed by atoms with E-state index in [1.807, 2.05) is 6.08 Å². The van der Waals surface area contributed by atoms with Crippen LogP contribution < -0.4 is 11.5 Å². The second-order valence-electron chi connectivity index (χ2n) is 1.61. The first-order valence-corrected chi connectivity index (χ1v) is 2.74. The molecule has 0 aliphatic rings. The number of nitrogens with two attached hydrogens (primary N) is 2. The molecular weight excluding hydrogens is 112 g/mol. The van der Waals surface area contributed by atoms with Crippen LogP contribution in [0.15, 0.2) is 36.6 Å². The Labute approximate surface area is 55.5 Å². The van der Waals surface area contributed by atoms with Gasteiger partial charge in [0.1, 0.15) is 0 Å². The van der Waals surface area contributed by atoms with E-state index in [2.05, 4.69) is 6.58 Å². The van der Waals surface area contributed by atoms with Crippen molar-refractivity contribution in [1.29, 1.82) is 0 Å². The summed E-state index contributed by atoms with van der Waals surface area (Å²) in [5.74, 6) is 0. The second kappa shape index (κ2) is 5.12. The molecule has 0 saturated carbocycles. The lowest BCUT2D eigenvalue weighted by molar-refractivity contribution is 1.20. The summed E-state index contributed by atoms with van der Waals surface area (Å²) in [4.78, 5) is 0. The zero-order valence-corrected chi connectivity index (χ0v) is 5.38. The Balaban J connectivity index is 3.57. The van der Waals surface area contributed by atoms with Crippen molar-refractivity contribution >= 4 is 0 Å². The van der Waals surface area contributed by atoms with Crippen molar-refractivity contribution < 1.29 is 0 Å². The van der Waals surface area contributed by atoms with Crippen LogP contribution in [0, 0.1) is 0 Å². The molecule has 0 rings (SSSR count). The lowest BCUT2D eigenvalue weighted by Gasteiger charge is -1.87. The summed E-state index contributed by atoms with van der Waals surface area (Å²) in [6, 6.07) is 0. The molecule has 0 aromatic heterocycles. The van der Waals surface area contributed by atoms with Gasteiger partial charge in [-0.2, -0.15) is 0 Å². The Hall–Kier alpha value is -1.02. The van der Waals surface area contributed by atoms with Crippen molar-refractivity contribution in [2.24, 2.45) is 11.5 Å². The first-order valence-electron chi connectivity index (χ1n) is 2.74. The maximum Gasteiger partial charge on any atom is 0.0172 e. The van der Waals surface area contributed by atoms with Crippen LogP contribution in [0.1, 0.15) is 0 Å². The van der Waals surface area contributed by atoms with Crippen LogP contribution in [0.2, 0.25) is 0 Å². The quantitative estimate of drug-likeness (QED) is 0.539. The van der Waals surface area contributed by atoms with Crippen molar-refractivity contribution in [2.75, 3.05) is 6.54 Å². The lowest BCUT2D eigenvalue weighted by Crippen LogP contribution is -1.98. The van der Waals surface area contributed by atoms with E-state index in [-0.39, 0.29) is 0 Å². The van der Waals surface area contributed by atoms with Gasteiger partial charge in [-0.3, -0.25) is 0 Å². The van der Waals surface area contributed by atoms with Crippen LogP contribution in [-0.2, 0) is 0 Å². The van der Waals surface area contributed by atoms with Gasteiger partial charge in [0.05, 0.1) is 0 Å². The first-order chi connectivity index (χ1) is 4.31. The van der Waals surface area contributed by atoms with Crippen molar-refractivity contribution in [1.82, 2.24) is 0 Å². The molecule has 0 heterocycles. The van der Waals surface area contributed by atoms with E-state index in [9.17, 15) is 0 Å². The molecule has 50 valence electrons. The Morgan fingerprint density at radius 3 is 2.56 bits per heavy atom. The summed E-state index contributed by atoms with van der Waals surface area (Å²) in [5.41, 5.74) is 11.2. The van der Waals surface area contributed by atoms with Gasteiger partial charge < -0.3 is 11.5 Å². The fourth-order valence-electron chi connectivity index (χ4n) is 0.324.